The summed E-state index contributed by atoms with van der Waals surface area (Å²) >= 11 is 4.85. The minimum atomic E-state index is -0.415. The van der Waals surface area contributed by atoms with Crippen LogP contribution >= 0.6 is 27.3 Å². The minimum Gasteiger partial charge on any atom is -0.389 e. The fraction of sp³-hybridized carbons (Fsp3) is 0.214. The molecular weight excluding hydrogens is 368 g/mol. The zero-order chi connectivity index (χ0) is 15.9. The SMILES string of the molecule is N#Cc1c(N)sc2c1CCN(c1ccc([N+](=O)[O-])cc1Br)C2. The molecule has 1 aromatic carbocycles. The lowest BCUT2D eigenvalue weighted by atomic mass is 10.0. The minimum absolute atomic E-state index is 0.0560. The summed E-state index contributed by atoms with van der Waals surface area (Å²) in [6.07, 6.45) is 0.745. The highest BCUT2D eigenvalue weighted by Gasteiger charge is 2.25. The van der Waals surface area contributed by atoms with Gasteiger partial charge < -0.3 is 10.6 Å². The van der Waals surface area contributed by atoms with Crippen LogP contribution in [-0.2, 0) is 13.0 Å². The number of hydrogen-bond acceptors (Lipinski definition) is 6. The van der Waals surface area contributed by atoms with Crippen LogP contribution in [0.3, 0.4) is 0 Å². The second-order valence-corrected chi connectivity index (χ2v) is 6.91. The van der Waals surface area contributed by atoms with E-state index in [9.17, 15) is 10.1 Å². The third-order valence-corrected chi connectivity index (χ3v) is 5.36. The molecule has 6 nitrogen and oxygen atoms in total. The van der Waals surface area contributed by atoms with Crippen molar-refractivity contribution in [2.45, 2.75) is 13.0 Å². The van der Waals surface area contributed by atoms with Gasteiger partial charge in [0.15, 0.2) is 0 Å². The van der Waals surface area contributed by atoms with Crippen LogP contribution in [0.15, 0.2) is 22.7 Å². The third-order valence-electron chi connectivity index (χ3n) is 3.68. The number of nitrogens with two attached hydrogens (primary N) is 1. The van der Waals surface area contributed by atoms with Crippen molar-refractivity contribution in [3.63, 3.8) is 0 Å². The number of hydrogen-bond donors (Lipinski definition) is 1. The van der Waals surface area contributed by atoms with Gasteiger partial charge >= 0.3 is 0 Å². The number of nitro groups is 1. The number of anilines is 2. The van der Waals surface area contributed by atoms with Gasteiger partial charge in [0.05, 0.1) is 22.7 Å². The number of nitriles is 1. The standard InChI is InChI=1S/C14H11BrN4O2S/c15-11-5-8(19(20)21)1-2-12(11)18-4-3-9-10(6-16)14(17)22-13(9)7-18/h1-2,5H,3-4,7,17H2. The van der Waals surface area contributed by atoms with Crippen molar-refractivity contribution in [1.29, 1.82) is 5.26 Å². The molecular formula is C14H11BrN4O2S. The molecule has 2 N–H and O–H groups in total. The Balaban J connectivity index is 1.92. The van der Waals surface area contributed by atoms with Gasteiger partial charge in [0.25, 0.3) is 5.69 Å². The summed E-state index contributed by atoms with van der Waals surface area (Å²) in [5.74, 6) is 0. The number of thiophene rings is 1. The van der Waals surface area contributed by atoms with E-state index < -0.39 is 4.92 Å². The molecule has 0 saturated heterocycles. The van der Waals surface area contributed by atoms with Gasteiger partial charge in [0.2, 0.25) is 0 Å². The summed E-state index contributed by atoms with van der Waals surface area (Å²) in [5.41, 5.74) is 8.49. The van der Waals surface area contributed by atoms with Crippen molar-refractivity contribution in [1.82, 2.24) is 0 Å². The van der Waals surface area contributed by atoms with Crippen molar-refractivity contribution in [2.75, 3.05) is 17.2 Å². The number of nitro benzene ring substituents is 1. The number of nitrogens with zero attached hydrogens (tertiary/aromatic N) is 3. The van der Waals surface area contributed by atoms with E-state index in [4.69, 9.17) is 11.0 Å². The Hall–Kier alpha value is -2.11. The fourth-order valence-electron chi connectivity index (χ4n) is 2.62. The number of non-ortho nitro benzene ring substituents is 1. The number of rotatable bonds is 2. The molecule has 0 unspecified atom stereocenters. The molecule has 0 aliphatic carbocycles. The van der Waals surface area contributed by atoms with Crippen LogP contribution in [0.4, 0.5) is 16.4 Å². The fourth-order valence-corrected chi connectivity index (χ4v) is 4.32. The molecule has 1 aliphatic rings. The van der Waals surface area contributed by atoms with Gasteiger partial charge in [-0.15, -0.1) is 11.3 Å². The van der Waals surface area contributed by atoms with Gasteiger partial charge in [-0.2, -0.15) is 5.26 Å². The summed E-state index contributed by atoms with van der Waals surface area (Å²) < 4.78 is 0.690. The van der Waals surface area contributed by atoms with Crippen molar-refractivity contribution in [3.05, 3.63) is 48.8 Å². The van der Waals surface area contributed by atoms with Crippen molar-refractivity contribution < 1.29 is 4.92 Å². The molecule has 8 heteroatoms. The lowest BCUT2D eigenvalue weighted by Crippen LogP contribution is -2.29. The van der Waals surface area contributed by atoms with Gasteiger partial charge in [-0.1, -0.05) is 0 Å². The first-order valence-electron chi connectivity index (χ1n) is 6.50. The molecule has 2 heterocycles. The molecule has 1 aliphatic heterocycles. The number of halogens is 1. The third kappa shape index (κ3) is 2.42. The Bertz CT molecular complexity index is 812. The molecule has 0 amide bonds. The second-order valence-electron chi connectivity index (χ2n) is 4.92. The average molecular weight is 379 g/mol. The molecule has 0 radical (unpaired) electrons. The highest BCUT2D eigenvalue weighted by atomic mass is 79.9. The van der Waals surface area contributed by atoms with E-state index >= 15 is 0 Å². The topological polar surface area (TPSA) is 96.2 Å². The Morgan fingerprint density at radius 3 is 2.91 bits per heavy atom. The lowest BCUT2D eigenvalue weighted by molar-refractivity contribution is -0.384. The van der Waals surface area contributed by atoms with E-state index in [2.05, 4.69) is 26.9 Å². The molecule has 0 saturated carbocycles. The molecule has 112 valence electrons. The maximum atomic E-state index is 10.8. The Morgan fingerprint density at radius 2 is 2.27 bits per heavy atom. The zero-order valence-electron chi connectivity index (χ0n) is 11.4. The molecule has 3 rings (SSSR count). The summed E-state index contributed by atoms with van der Waals surface area (Å²) in [5, 5.41) is 20.5. The van der Waals surface area contributed by atoms with Gasteiger partial charge in [0.1, 0.15) is 11.1 Å². The molecule has 0 bridgehead atoms. The van der Waals surface area contributed by atoms with Gasteiger partial charge in [-0.05, 0) is 34.0 Å². The Kier molecular flexibility index (Phi) is 3.76. The first kappa shape index (κ1) is 14.8. The molecule has 0 spiro atoms. The van der Waals surface area contributed by atoms with E-state index in [0.717, 1.165) is 29.1 Å². The maximum Gasteiger partial charge on any atom is 0.270 e. The largest absolute Gasteiger partial charge is 0.389 e. The van der Waals surface area contributed by atoms with E-state index in [0.29, 0.717) is 21.6 Å². The molecule has 2 aromatic rings. The Morgan fingerprint density at radius 1 is 1.50 bits per heavy atom. The van der Waals surface area contributed by atoms with Crippen molar-refractivity contribution in [3.8, 4) is 6.07 Å². The second kappa shape index (κ2) is 5.59. The van der Waals surface area contributed by atoms with Gasteiger partial charge in [-0.25, -0.2) is 0 Å². The number of fused-ring (bicyclic) bond motifs is 1. The molecule has 0 atom stereocenters. The van der Waals surface area contributed by atoms with E-state index in [1.54, 1.807) is 6.07 Å². The smallest absolute Gasteiger partial charge is 0.270 e. The maximum absolute atomic E-state index is 10.8. The quantitative estimate of drug-likeness (QED) is 0.637. The van der Waals surface area contributed by atoms with E-state index in [1.165, 1.54) is 23.5 Å². The van der Waals surface area contributed by atoms with Crippen LogP contribution in [0.2, 0.25) is 0 Å². The molecule has 0 fully saturated rings. The summed E-state index contributed by atoms with van der Waals surface area (Å²) in [4.78, 5) is 13.6. The number of benzene rings is 1. The monoisotopic (exact) mass is 378 g/mol. The summed E-state index contributed by atoms with van der Waals surface area (Å²) in [6, 6.07) is 6.92. The van der Waals surface area contributed by atoms with Gasteiger partial charge in [-0.3, -0.25) is 10.1 Å². The zero-order valence-corrected chi connectivity index (χ0v) is 13.8. The normalized spacial score (nSPS) is 13.5. The highest BCUT2D eigenvalue weighted by Crippen LogP contribution is 2.38. The highest BCUT2D eigenvalue weighted by molar-refractivity contribution is 9.10. The van der Waals surface area contributed by atoms with Crippen LogP contribution in [0.25, 0.3) is 0 Å². The van der Waals surface area contributed by atoms with Gasteiger partial charge in [0, 0.05) is 28.0 Å². The first-order chi connectivity index (χ1) is 10.5. The van der Waals surface area contributed by atoms with Crippen LogP contribution < -0.4 is 10.6 Å². The van der Waals surface area contributed by atoms with Crippen molar-refractivity contribution >= 4 is 43.6 Å². The Labute approximate surface area is 139 Å². The predicted octanol–water partition coefficient (Wildman–Crippen LogP) is 3.44. The van der Waals surface area contributed by atoms with Crippen LogP contribution in [-0.4, -0.2) is 11.5 Å². The van der Waals surface area contributed by atoms with Crippen LogP contribution in [0.5, 0.6) is 0 Å². The van der Waals surface area contributed by atoms with Crippen LogP contribution in [0.1, 0.15) is 16.0 Å². The molecule has 1 aromatic heterocycles. The van der Waals surface area contributed by atoms with E-state index in [1.807, 2.05) is 0 Å². The summed E-state index contributed by atoms with van der Waals surface area (Å²) in [6.45, 7) is 1.40. The van der Waals surface area contributed by atoms with Crippen LogP contribution in [0, 0.1) is 21.4 Å². The average Bonchev–Trinajstić information content (AvgIpc) is 2.81. The number of nitrogen functional groups attached to an aromatic ring is 1. The predicted molar refractivity (Wildman–Crippen MR) is 89.0 cm³/mol. The molecule has 22 heavy (non-hydrogen) atoms. The van der Waals surface area contributed by atoms with E-state index in [-0.39, 0.29) is 5.69 Å². The van der Waals surface area contributed by atoms with Crippen molar-refractivity contribution in [2.24, 2.45) is 0 Å². The lowest BCUT2D eigenvalue weighted by Gasteiger charge is -2.29. The summed E-state index contributed by atoms with van der Waals surface area (Å²) in [7, 11) is 0. The first-order valence-corrected chi connectivity index (χ1v) is 8.11.